The molecule has 0 radical (unpaired) electrons. The Kier molecular flexibility index (Phi) is 19.9. The molecule has 22 nitrogen and oxygen atoms in total. The second-order valence-electron chi connectivity index (χ2n) is 18.2. The Morgan fingerprint density at radius 3 is 1.32 bits per heavy atom. The summed E-state index contributed by atoms with van der Waals surface area (Å²) < 4.78 is 94.7. The number of ether oxygens (including phenoxy) is 2. The summed E-state index contributed by atoms with van der Waals surface area (Å²) in [6, 6.07) is 12.8. The molecule has 412 valence electrons. The largest absolute Gasteiger partial charge is 0.490 e. The van der Waals surface area contributed by atoms with Gasteiger partial charge in [-0.15, -0.1) is 32.8 Å². The summed E-state index contributed by atoms with van der Waals surface area (Å²) in [6.07, 6.45) is -1.39. The lowest BCUT2D eigenvalue weighted by Crippen LogP contribution is -2.43. The molecule has 2 atom stereocenters. The normalized spacial score (nSPS) is 15.2. The molecule has 6 aromatic rings. The molecule has 77 heavy (non-hydrogen) atoms. The van der Waals surface area contributed by atoms with Crippen LogP contribution >= 0.6 is 12.4 Å². The van der Waals surface area contributed by atoms with Crippen molar-refractivity contribution in [1.29, 1.82) is 0 Å². The van der Waals surface area contributed by atoms with Crippen molar-refractivity contribution in [2.45, 2.75) is 128 Å². The fourth-order valence-corrected chi connectivity index (χ4v) is 7.75. The zero-order valence-electron chi connectivity index (χ0n) is 42.1. The van der Waals surface area contributed by atoms with E-state index in [1.807, 2.05) is 0 Å². The Bertz CT molecular complexity index is 2760. The van der Waals surface area contributed by atoms with Crippen LogP contribution in [0.15, 0.2) is 60.9 Å². The number of rotatable bonds is 22. The predicted molar refractivity (Wildman–Crippen MR) is 264 cm³/mol. The van der Waals surface area contributed by atoms with Gasteiger partial charge in [0, 0.05) is 75.4 Å². The van der Waals surface area contributed by atoms with Crippen LogP contribution in [0.25, 0.3) is 0 Å². The van der Waals surface area contributed by atoms with E-state index in [9.17, 15) is 45.5 Å². The van der Waals surface area contributed by atoms with Crippen molar-refractivity contribution in [2.24, 2.45) is 0 Å². The van der Waals surface area contributed by atoms with E-state index in [0.717, 1.165) is 0 Å². The lowest BCUT2D eigenvalue weighted by molar-refractivity contribution is -0.135. The maximum absolute atomic E-state index is 14.4. The van der Waals surface area contributed by atoms with Crippen molar-refractivity contribution >= 4 is 47.7 Å². The maximum atomic E-state index is 14.4. The number of carbonyl (C=O) groups is 4. The molecule has 4 N–H and O–H groups in total. The topological polar surface area (TPSA) is 274 Å². The molecule has 2 fully saturated rings. The van der Waals surface area contributed by atoms with Gasteiger partial charge >= 0.3 is 0 Å². The summed E-state index contributed by atoms with van der Waals surface area (Å²) in [5, 5.41) is 41.0. The number of aryl methyl sites for hydroxylation is 4. The van der Waals surface area contributed by atoms with Crippen molar-refractivity contribution in [2.75, 3.05) is 24.7 Å². The van der Waals surface area contributed by atoms with E-state index < -0.39 is 48.2 Å². The minimum atomic E-state index is -2.68. The van der Waals surface area contributed by atoms with Crippen LogP contribution in [-0.2, 0) is 48.4 Å². The zero-order valence-corrected chi connectivity index (χ0v) is 42.9. The number of anilines is 2. The smallest absolute Gasteiger partial charge is 0.273 e. The standard InChI is InChI=1S/2C24H27F3N8O3.ClH/c2*1-14-7-18(38-19-10-24(26,27)11-19)8-17(29-14)9-22(36)30-21-6-5-16(31-33-21)4-3-15(25)12-35-13-20(32-34-35)23(37)28-2;/h2*5-8,13,15,19H,3-4,9-12H2,1-2H3,(H,28,37)(H,30,33,36);1H/t2*15-;/m11./s1. The molecule has 4 amide bonds. The van der Waals surface area contributed by atoms with Crippen LogP contribution in [0.1, 0.15) is 93.7 Å². The van der Waals surface area contributed by atoms with Crippen LogP contribution in [0.5, 0.6) is 11.5 Å². The molecule has 0 unspecified atom stereocenters. The van der Waals surface area contributed by atoms with Gasteiger partial charge in [0.15, 0.2) is 23.0 Å². The van der Waals surface area contributed by atoms with Crippen LogP contribution in [0.2, 0.25) is 0 Å². The Labute approximate surface area is 442 Å². The first-order chi connectivity index (χ1) is 36.2. The average Bonchev–Trinajstić information content (AvgIpc) is 4.02. The van der Waals surface area contributed by atoms with Crippen molar-refractivity contribution in [3.05, 3.63) is 106 Å². The van der Waals surface area contributed by atoms with E-state index in [4.69, 9.17) is 9.47 Å². The van der Waals surface area contributed by atoms with Crippen molar-refractivity contribution < 1.29 is 55.0 Å². The molecule has 8 rings (SSSR count). The molecule has 0 bridgehead atoms. The first kappa shape index (κ1) is 58.4. The number of hydrogen-bond donors (Lipinski definition) is 4. The number of amides is 4. The molecule has 29 heteroatoms. The summed E-state index contributed by atoms with van der Waals surface area (Å²) in [5.41, 5.74) is 3.35. The molecule has 6 heterocycles. The summed E-state index contributed by atoms with van der Waals surface area (Å²) in [4.78, 5) is 56.6. The summed E-state index contributed by atoms with van der Waals surface area (Å²) in [7, 11) is 2.93. The van der Waals surface area contributed by atoms with Gasteiger partial charge in [-0.05, 0) is 63.8 Å². The molecule has 2 aliphatic carbocycles. The molecule has 0 aromatic carbocycles. The zero-order chi connectivity index (χ0) is 54.6. The number of aromatic nitrogens is 12. The summed E-state index contributed by atoms with van der Waals surface area (Å²) in [6.45, 7) is 3.34. The van der Waals surface area contributed by atoms with Crippen LogP contribution < -0.4 is 30.7 Å². The second kappa shape index (κ2) is 26.2. The number of carbonyl (C=O) groups excluding carboxylic acids is 4. The highest BCUT2D eigenvalue weighted by Crippen LogP contribution is 2.41. The molecular weight excluding hydrogens is 1050 g/mol. The van der Waals surface area contributed by atoms with Gasteiger partial charge in [-0.2, -0.15) is 10.2 Å². The van der Waals surface area contributed by atoms with E-state index in [-0.39, 0.29) is 112 Å². The monoisotopic (exact) mass is 1100 g/mol. The summed E-state index contributed by atoms with van der Waals surface area (Å²) in [5.74, 6) is -5.71. The van der Waals surface area contributed by atoms with Gasteiger partial charge in [-0.3, -0.25) is 29.1 Å². The SMILES string of the molecule is CNC(=O)c1cn(C[C@H](F)CCc2ccc(NC(=O)Cc3cc(OC4CC(F)(F)C4)cc(C)n3)nn2)nn1.CNC(=O)c1cn(C[C@H](F)CCc2ccc(NC(=O)Cc3cc(OC4CC(F)(F)C4)cc(C)n3)nn2)nn1.Cl. The van der Waals surface area contributed by atoms with E-state index in [1.54, 1.807) is 62.4 Å². The van der Waals surface area contributed by atoms with Gasteiger partial charge < -0.3 is 30.7 Å². The highest BCUT2D eigenvalue weighted by atomic mass is 35.5. The number of pyridine rings is 2. The fourth-order valence-electron chi connectivity index (χ4n) is 7.75. The van der Waals surface area contributed by atoms with Gasteiger partial charge in [0.25, 0.3) is 23.7 Å². The van der Waals surface area contributed by atoms with E-state index >= 15 is 0 Å². The third-order valence-electron chi connectivity index (χ3n) is 11.5. The van der Waals surface area contributed by atoms with E-state index in [1.165, 1.54) is 35.9 Å². The minimum absolute atomic E-state index is 0. The number of nitrogens with one attached hydrogen (secondary N) is 4. The Balaban J connectivity index is 0.000000246. The molecular formula is C48H55ClF6N16O6. The Morgan fingerprint density at radius 2 is 0.987 bits per heavy atom. The third kappa shape index (κ3) is 18.1. The lowest BCUT2D eigenvalue weighted by atomic mass is 9.91. The lowest BCUT2D eigenvalue weighted by Gasteiger charge is -2.34. The van der Waals surface area contributed by atoms with E-state index in [0.29, 0.717) is 58.5 Å². The molecule has 2 aliphatic rings. The molecule has 2 saturated carbocycles. The molecule has 0 saturated heterocycles. The van der Waals surface area contributed by atoms with Gasteiger partial charge in [-0.25, -0.2) is 35.7 Å². The number of hydrogen-bond acceptors (Lipinski definition) is 16. The maximum Gasteiger partial charge on any atom is 0.273 e. The van der Waals surface area contributed by atoms with Crippen molar-refractivity contribution in [1.82, 2.24) is 71.0 Å². The third-order valence-corrected chi connectivity index (χ3v) is 11.5. The van der Waals surface area contributed by atoms with Gasteiger partial charge in [0.05, 0.1) is 61.1 Å². The first-order valence-corrected chi connectivity index (χ1v) is 24.0. The van der Waals surface area contributed by atoms with Crippen LogP contribution in [-0.4, -0.2) is 134 Å². The fraction of sp³-hybridized carbons (Fsp3) is 0.458. The highest BCUT2D eigenvalue weighted by molar-refractivity contribution is 5.92. The Morgan fingerprint density at radius 1 is 0.597 bits per heavy atom. The minimum Gasteiger partial charge on any atom is -0.490 e. The quantitative estimate of drug-likeness (QED) is 0.0625. The first-order valence-electron chi connectivity index (χ1n) is 24.0. The van der Waals surface area contributed by atoms with E-state index in [2.05, 4.69) is 72.3 Å². The average molecular weight is 1100 g/mol. The predicted octanol–water partition coefficient (Wildman–Crippen LogP) is 5.34. The van der Waals surface area contributed by atoms with Gasteiger partial charge in [-0.1, -0.05) is 10.4 Å². The highest BCUT2D eigenvalue weighted by Gasteiger charge is 2.48. The number of alkyl halides is 6. The number of nitrogens with zero attached hydrogens (tertiary/aromatic N) is 12. The number of halogens is 7. The second-order valence-corrected chi connectivity index (χ2v) is 18.2. The van der Waals surface area contributed by atoms with Crippen LogP contribution in [0.3, 0.4) is 0 Å². The summed E-state index contributed by atoms with van der Waals surface area (Å²) >= 11 is 0. The van der Waals surface area contributed by atoms with Crippen LogP contribution in [0, 0.1) is 13.8 Å². The van der Waals surface area contributed by atoms with Gasteiger partial charge in [0.1, 0.15) is 36.1 Å². The molecule has 0 spiro atoms. The van der Waals surface area contributed by atoms with Crippen LogP contribution in [0.4, 0.5) is 38.0 Å². The Hall–Kier alpha value is -7.91. The van der Waals surface area contributed by atoms with Crippen molar-refractivity contribution in [3.8, 4) is 11.5 Å². The van der Waals surface area contributed by atoms with Crippen molar-refractivity contribution in [3.63, 3.8) is 0 Å². The molecule has 6 aromatic heterocycles. The van der Waals surface area contributed by atoms with Gasteiger partial charge in [0.2, 0.25) is 11.8 Å². The molecule has 0 aliphatic heterocycles.